The zero-order valence-electron chi connectivity index (χ0n) is 10.5. The maximum Gasteiger partial charge on any atom is 0.336 e. The summed E-state index contributed by atoms with van der Waals surface area (Å²) in [6, 6.07) is 9.92. The Balaban J connectivity index is 2.41. The number of carboxylic acids is 1. The first-order valence-corrected chi connectivity index (χ1v) is 6.77. The van der Waals surface area contributed by atoms with Crippen LogP contribution in [0.25, 0.3) is 22.3 Å². The second-order valence-corrected chi connectivity index (χ2v) is 5.14. The highest BCUT2D eigenvalue weighted by atomic mass is 35.5. The van der Waals surface area contributed by atoms with Gasteiger partial charge >= 0.3 is 5.97 Å². The van der Waals surface area contributed by atoms with Crippen LogP contribution < -0.4 is 0 Å². The number of benzene rings is 1. The van der Waals surface area contributed by atoms with Crippen molar-refractivity contribution in [3.8, 4) is 11.4 Å². The summed E-state index contributed by atoms with van der Waals surface area (Å²) in [5, 5.41) is 10.4. The van der Waals surface area contributed by atoms with E-state index in [9.17, 15) is 9.90 Å². The van der Waals surface area contributed by atoms with Crippen LogP contribution in [0.5, 0.6) is 0 Å². The van der Waals surface area contributed by atoms with Crippen LogP contribution in [-0.2, 0) is 0 Å². The number of aromatic carboxylic acids is 1. The Hall–Kier alpha value is -2.17. The second-order valence-electron chi connectivity index (χ2n) is 4.33. The number of nitrogens with zero attached hydrogens (tertiary/aromatic N) is 2. The molecule has 0 saturated carbocycles. The zero-order valence-corrected chi connectivity index (χ0v) is 12.1. The maximum atomic E-state index is 11.5. The fourth-order valence-electron chi connectivity index (χ4n) is 2.08. The SMILES string of the molecule is O=C(O)c1cc(-c2ccccn2)nc2c(Cl)ccc(Cl)c12. The highest BCUT2D eigenvalue weighted by Gasteiger charge is 2.17. The smallest absolute Gasteiger partial charge is 0.336 e. The first kappa shape index (κ1) is 13.8. The summed E-state index contributed by atoms with van der Waals surface area (Å²) >= 11 is 12.2. The van der Waals surface area contributed by atoms with E-state index < -0.39 is 5.97 Å². The van der Waals surface area contributed by atoms with Gasteiger partial charge in [-0.2, -0.15) is 0 Å². The lowest BCUT2D eigenvalue weighted by Crippen LogP contribution is -2.01. The number of halogens is 2. The molecule has 0 fully saturated rings. The Bertz CT molecular complexity index is 851. The van der Waals surface area contributed by atoms with Gasteiger partial charge in [0.15, 0.2) is 0 Å². The van der Waals surface area contributed by atoms with Crippen LogP contribution in [0.3, 0.4) is 0 Å². The molecule has 21 heavy (non-hydrogen) atoms. The molecule has 2 aromatic heterocycles. The monoisotopic (exact) mass is 318 g/mol. The molecule has 3 aromatic rings. The summed E-state index contributed by atoms with van der Waals surface area (Å²) < 4.78 is 0. The minimum atomic E-state index is -1.09. The van der Waals surface area contributed by atoms with Gasteiger partial charge in [-0.05, 0) is 30.3 Å². The van der Waals surface area contributed by atoms with Crippen molar-refractivity contribution in [1.82, 2.24) is 9.97 Å². The van der Waals surface area contributed by atoms with Crippen LogP contribution in [-0.4, -0.2) is 21.0 Å². The summed E-state index contributed by atoms with van der Waals surface area (Å²) in [4.78, 5) is 20.1. The third-order valence-corrected chi connectivity index (χ3v) is 3.64. The molecule has 0 atom stereocenters. The van der Waals surface area contributed by atoms with Gasteiger partial charge < -0.3 is 5.11 Å². The molecule has 104 valence electrons. The molecule has 0 aliphatic rings. The van der Waals surface area contributed by atoms with Gasteiger partial charge in [-0.3, -0.25) is 4.98 Å². The predicted molar refractivity (Wildman–Crippen MR) is 82.0 cm³/mol. The first-order valence-electron chi connectivity index (χ1n) is 6.01. The number of hydrogen-bond donors (Lipinski definition) is 1. The molecule has 6 heteroatoms. The van der Waals surface area contributed by atoms with Crippen molar-refractivity contribution < 1.29 is 9.90 Å². The van der Waals surface area contributed by atoms with Crippen LogP contribution in [0, 0.1) is 0 Å². The molecular weight excluding hydrogens is 311 g/mol. The minimum absolute atomic E-state index is 0.0492. The number of aromatic nitrogens is 2. The van der Waals surface area contributed by atoms with Gasteiger partial charge in [0.05, 0.1) is 32.5 Å². The number of fused-ring (bicyclic) bond motifs is 1. The van der Waals surface area contributed by atoms with Crippen molar-refractivity contribution >= 4 is 40.1 Å². The lowest BCUT2D eigenvalue weighted by Gasteiger charge is -2.09. The Labute approximate surface area is 130 Å². The van der Waals surface area contributed by atoms with E-state index in [2.05, 4.69) is 9.97 Å². The van der Waals surface area contributed by atoms with Crippen molar-refractivity contribution in [2.24, 2.45) is 0 Å². The lowest BCUT2D eigenvalue weighted by molar-refractivity contribution is 0.0699. The van der Waals surface area contributed by atoms with Crippen molar-refractivity contribution in [2.75, 3.05) is 0 Å². The molecule has 2 heterocycles. The molecule has 0 amide bonds. The van der Waals surface area contributed by atoms with Gasteiger partial charge in [0.25, 0.3) is 0 Å². The van der Waals surface area contributed by atoms with E-state index in [0.717, 1.165) is 0 Å². The fourth-order valence-corrected chi connectivity index (χ4v) is 2.54. The molecule has 1 aromatic carbocycles. The van der Waals surface area contributed by atoms with Gasteiger partial charge in [-0.25, -0.2) is 9.78 Å². The Morgan fingerprint density at radius 1 is 1.05 bits per heavy atom. The number of hydrogen-bond acceptors (Lipinski definition) is 3. The Morgan fingerprint density at radius 2 is 1.81 bits per heavy atom. The van der Waals surface area contributed by atoms with Crippen LogP contribution in [0.2, 0.25) is 10.0 Å². The number of carboxylic acid groups (broad SMARTS) is 1. The second kappa shape index (κ2) is 5.31. The van der Waals surface area contributed by atoms with Gasteiger partial charge in [0.2, 0.25) is 0 Å². The third kappa shape index (κ3) is 2.44. The molecule has 1 N–H and O–H groups in total. The summed E-state index contributed by atoms with van der Waals surface area (Å²) in [5.74, 6) is -1.09. The van der Waals surface area contributed by atoms with Crippen molar-refractivity contribution in [3.05, 3.63) is 58.2 Å². The Kier molecular flexibility index (Phi) is 3.49. The summed E-state index contributed by atoms with van der Waals surface area (Å²) in [5.41, 5.74) is 1.40. The van der Waals surface area contributed by atoms with Gasteiger partial charge in [-0.15, -0.1) is 0 Å². The van der Waals surface area contributed by atoms with Crippen molar-refractivity contribution in [3.63, 3.8) is 0 Å². The first-order chi connectivity index (χ1) is 10.1. The molecule has 0 aliphatic carbocycles. The van der Waals surface area contributed by atoms with E-state index in [0.29, 0.717) is 32.3 Å². The molecular formula is C15H8Cl2N2O2. The average Bonchev–Trinajstić information content (AvgIpc) is 2.51. The molecule has 3 rings (SSSR count). The normalized spacial score (nSPS) is 10.8. The van der Waals surface area contributed by atoms with E-state index in [1.54, 1.807) is 36.5 Å². The molecule has 0 radical (unpaired) electrons. The standard InChI is InChI=1S/C15H8Cl2N2O2/c16-9-4-5-10(17)14-13(9)8(15(20)21)7-12(19-14)11-3-1-2-6-18-11/h1-7H,(H,20,21). The van der Waals surface area contributed by atoms with E-state index in [1.807, 2.05) is 0 Å². The van der Waals surface area contributed by atoms with Gasteiger partial charge in [0.1, 0.15) is 0 Å². The molecule has 4 nitrogen and oxygen atoms in total. The van der Waals surface area contributed by atoms with Crippen molar-refractivity contribution in [1.29, 1.82) is 0 Å². The molecule has 0 unspecified atom stereocenters. The highest BCUT2D eigenvalue weighted by molar-refractivity contribution is 6.41. The predicted octanol–water partition coefficient (Wildman–Crippen LogP) is 4.30. The lowest BCUT2D eigenvalue weighted by atomic mass is 10.1. The number of rotatable bonds is 2. The van der Waals surface area contributed by atoms with E-state index in [4.69, 9.17) is 23.2 Å². The van der Waals surface area contributed by atoms with Crippen LogP contribution in [0.4, 0.5) is 0 Å². The topological polar surface area (TPSA) is 63.1 Å². The fraction of sp³-hybridized carbons (Fsp3) is 0. The molecule has 0 spiro atoms. The number of pyridine rings is 2. The zero-order chi connectivity index (χ0) is 15.0. The molecule has 0 saturated heterocycles. The number of carbonyl (C=O) groups is 1. The average molecular weight is 319 g/mol. The van der Waals surface area contributed by atoms with E-state index >= 15 is 0 Å². The largest absolute Gasteiger partial charge is 0.478 e. The van der Waals surface area contributed by atoms with Crippen LogP contribution in [0.15, 0.2) is 42.6 Å². The van der Waals surface area contributed by atoms with Crippen LogP contribution >= 0.6 is 23.2 Å². The summed E-state index contributed by atoms with van der Waals surface area (Å²) in [6.45, 7) is 0. The maximum absolute atomic E-state index is 11.5. The molecule has 0 bridgehead atoms. The van der Waals surface area contributed by atoms with Gasteiger partial charge in [0, 0.05) is 11.6 Å². The highest BCUT2D eigenvalue weighted by Crippen LogP contribution is 2.33. The van der Waals surface area contributed by atoms with Crippen LogP contribution in [0.1, 0.15) is 10.4 Å². The quantitative estimate of drug-likeness (QED) is 0.765. The van der Waals surface area contributed by atoms with E-state index in [1.165, 1.54) is 6.07 Å². The van der Waals surface area contributed by atoms with Crippen molar-refractivity contribution in [2.45, 2.75) is 0 Å². The summed E-state index contributed by atoms with van der Waals surface area (Å²) in [6.07, 6.45) is 1.61. The molecule has 0 aliphatic heterocycles. The summed E-state index contributed by atoms with van der Waals surface area (Å²) in [7, 11) is 0. The Morgan fingerprint density at radius 3 is 2.48 bits per heavy atom. The third-order valence-electron chi connectivity index (χ3n) is 3.02. The minimum Gasteiger partial charge on any atom is -0.478 e. The van der Waals surface area contributed by atoms with Gasteiger partial charge in [-0.1, -0.05) is 29.3 Å². The van der Waals surface area contributed by atoms with E-state index in [-0.39, 0.29) is 5.56 Å².